The fourth-order valence-electron chi connectivity index (χ4n) is 2.58. The summed E-state index contributed by atoms with van der Waals surface area (Å²) >= 11 is 5.95. The maximum Gasteiger partial charge on any atom is 0.251 e. The van der Waals surface area contributed by atoms with Gasteiger partial charge in [0.05, 0.1) is 11.4 Å². The minimum atomic E-state index is -0.116. The molecule has 0 bridgehead atoms. The first-order valence-corrected chi connectivity index (χ1v) is 8.07. The number of rotatable bonds is 4. The number of benzene rings is 2. The van der Waals surface area contributed by atoms with Crippen LogP contribution in [0.25, 0.3) is 5.69 Å². The van der Waals surface area contributed by atoms with Crippen LogP contribution in [0.2, 0.25) is 5.02 Å². The molecule has 24 heavy (non-hydrogen) atoms. The van der Waals surface area contributed by atoms with Crippen LogP contribution in [0.3, 0.4) is 0 Å². The van der Waals surface area contributed by atoms with Crippen molar-refractivity contribution in [2.45, 2.75) is 20.4 Å². The monoisotopic (exact) mass is 339 g/mol. The van der Waals surface area contributed by atoms with Crippen LogP contribution in [0, 0.1) is 13.8 Å². The molecular formula is C19H18ClN3O. The molecule has 0 saturated carbocycles. The Hall–Kier alpha value is -2.59. The predicted molar refractivity (Wildman–Crippen MR) is 95.7 cm³/mol. The number of hydrogen-bond donors (Lipinski definition) is 1. The van der Waals surface area contributed by atoms with Gasteiger partial charge in [-0.1, -0.05) is 23.7 Å². The zero-order valence-corrected chi connectivity index (χ0v) is 14.3. The van der Waals surface area contributed by atoms with Crippen molar-refractivity contribution in [3.63, 3.8) is 0 Å². The molecule has 0 aliphatic carbocycles. The number of nitrogens with zero attached hydrogens (tertiary/aromatic N) is 2. The highest BCUT2D eigenvalue weighted by molar-refractivity contribution is 6.30. The van der Waals surface area contributed by atoms with E-state index in [0.717, 1.165) is 22.6 Å². The first-order valence-electron chi connectivity index (χ1n) is 7.69. The summed E-state index contributed by atoms with van der Waals surface area (Å²) in [5.41, 5.74) is 4.55. The zero-order valence-electron chi connectivity index (χ0n) is 13.6. The lowest BCUT2D eigenvalue weighted by Crippen LogP contribution is -2.22. The molecule has 0 fully saturated rings. The fraction of sp³-hybridized carbons (Fsp3) is 0.158. The van der Waals surface area contributed by atoms with Gasteiger partial charge in [0.15, 0.2) is 0 Å². The zero-order chi connectivity index (χ0) is 17.1. The second kappa shape index (κ2) is 6.89. The Balaban J connectivity index is 1.69. The number of carbonyl (C=O) groups is 1. The number of halogens is 1. The van der Waals surface area contributed by atoms with Gasteiger partial charge in [-0.3, -0.25) is 4.79 Å². The van der Waals surface area contributed by atoms with Gasteiger partial charge in [0.25, 0.3) is 5.91 Å². The minimum absolute atomic E-state index is 0.116. The summed E-state index contributed by atoms with van der Waals surface area (Å²) < 4.78 is 1.86. The van der Waals surface area contributed by atoms with Crippen molar-refractivity contribution >= 4 is 17.5 Å². The number of hydrogen-bond acceptors (Lipinski definition) is 2. The van der Waals surface area contributed by atoms with Gasteiger partial charge in [0.2, 0.25) is 0 Å². The van der Waals surface area contributed by atoms with Crippen molar-refractivity contribution in [2.75, 3.05) is 0 Å². The summed E-state index contributed by atoms with van der Waals surface area (Å²) in [6, 6.07) is 16.9. The van der Waals surface area contributed by atoms with Crippen LogP contribution in [0.5, 0.6) is 0 Å². The van der Waals surface area contributed by atoms with Crippen molar-refractivity contribution in [2.24, 2.45) is 0 Å². The molecule has 0 aliphatic heterocycles. The number of amides is 1. The Bertz CT molecular complexity index is 869. The Morgan fingerprint density at radius 3 is 2.50 bits per heavy atom. The van der Waals surface area contributed by atoms with E-state index in [2.05, 4.69) is 10.4 Å². The lowest BCUT2D eigenvalue weighted by molar-refractivity contribution is 0.0951. The van der Waals surface area contributed by atoms with E-state index in [1.807, 2.05) is 61.0 Å². The molecule has 0 aliphatic rings. The van der Waals surface area contributed by atoms with E-state index in [4.69, 9.17) is 11.6 Å². The molecule has 5 heteroatoms. The maximum absolute atomic E-state index is 12.3. The third-order valence-corrected chi connectivity index (χ3v) is 3.96. The van der Waals surface area contributed by atoms with E-state index in [9.17, 15) is 4.79 Å². The molecule has 2 aromatic carbocycles. The van der Waals surface area contributed by atoms with Crippen LogP contribution < -0.4 is 5.32 Å². The quantitative estimate of drug-likeness (QED) is 0.778. The van der Waals surface area contributed by atoms with E-state index >= 15 is 0 Å². The van der Waals surface area contributed by atoms with Gasteiger partial charge >= 0.3 is 0 Å². The van der Waals surface area contributed by atoms with Crippen LogP contribution in [0.4, 0.5) is 0 Å². The van der Waals surface area contributed by atoms with Crippen LogP contribution in [0.15, 0.2) is 54.6 Å². The molecule has 122 valence electrons. The Kier molecular flexibility index (Phi) is 4.67. The van der Waals surface area contributed by atoms with Gasteiger partial charge in [0.1, 0.15) is 0 Å². The van der Waals surface area contributed by atoms with E-state index in [1.54, 1.807) is 12.1 Å². The maximum atomic E-state index is 12.3. The van der Waals surface area contributed by atoms with Crippen molar-refractivity contribution in [3.8, 4) is 5.69 Å². The number of nitrogens with one attached hydrogen (secondary N) is 1. The minimum Gasteiger partial charge on any atom is -0.348 e. The smallest absolute Gasteiger partial charge is 0.251 e. The third kappa shape index (κ3) is 3.66. The summed E-state index contributed by atoms with van der Waals surface area (Å²) in [5, 5.41) is 8.00. The molecular weight excluding hydrogens is 322 g/mol. The topological polar surface area (TPSA) is 46.9 Å². The summed E-state index contributed by atoms with van der Waals surface area (Å²) in [5.74, 6) is -0.116. The SMILES string of the molecule is Cc1cc(C)n(-c2ccc(C(=O)NCc3cccc(Cl)c3)cc2)n1. The molecule has 1 aromatic heterocycles. The average molecular weight is 340 g/mol. The van der Waals surface area contributed by atoms with Gasteiger partial charge in [0, 0.05) is 22.8 Å². The highest BCUT2D eigenvalue weighted by atomic mass is 35.5. The first-order chi connectivity index (χ1) is 11.5. The van der Waals surface area contributed by atoms with E-state index in [1.165, 1.54) is 0 Å². The van der Waals surface area contributed by atoms with E-state index in [-0.39, 0.29) is 5.91 Å². The molecule has 0 unspecified atom stereocenters. The summed E-state index contributed by atoms with van der Waals surface area (Å²) in [4.78, 5) is 12.3. The predicted octanol–water partition coefficient (Wildman–Crippen LogP) is 4.07. The van der Waals surface area contributed by atoms with E-state index < -0.39 is 0 Å². The standard InChI is InChI=1S/C19H18ClN3O/c1-13-10-14(2)23(22-13)18-8-6-16(7-9-18)19(24)21-12-15-4-3-5-17(20)11-15/h3-11H,12H2,1-2H3,(H,21,24). The lowest BCUT2D eigenvalue weighted by atomic mass is 10.1. The third-order valence-electron chi connectivity index (χ3n) is 3.73. The number of carbonyl (C=O) groups excluding carboxylic acids is 1. The Morgan fingerprint density at radius 1 is 1.12 bits per heavy atom. The Labute approximate surface area is 146 Å². The molecule has 4 nitrogen and oxygen atoms in total. The summed E-state index contributed by atoms with van der Waals surface area (Å²) in [7, 11) is 0. The molecule has 3 rings (SSSR count). The second-order valence-corrected chi connectivity index (χ2v) is 6.13. The summed E-state index contributed by atoms with van der Waals surface area (Å²) in [6.45, 7) is 4.41. The van der Waals surface area contributed by atoms with E-state index in [0.29, 0.717) is 17.1 Å². The molecule has 1 heterocycles. The molecule has 0 spiro atoms. The molecule has 1 amide bonds. The molecule has 0 atom stereocenters. The van der Waals surface area contributed by atoms with Crippen molar-refractivity contribution in [1.82, 2.24) is 15.1 Å². The van der Waals surface area contributed by atoms with Gasteiger partial charge in [-0.2, -0.15) is 5.10 Å². The van der Waals surface area contributed by atoms with Crippen LogP contribution in [0.1, 0.15) is 27.3 Å². The van der Waals surface area contributed by atoms with Gasteiger partial charge in [-0.05, 0) is 61.9 Å². The van der Waals surface area contributed by atoms with Crippen LogP contribution in [-0.4, -0.2) is 15.7 Å². The fourth-order valence-corrected chi connectivity index (χ4v) is 2.79. The van der Waals surface area contributed by atoms with Gasteiger partial charge in [-0.15, -0.1) is 0 Å². The second-order valence-electron chi connectivity index (χ2n) is 5.70. The largest absolute Gasteiger partial charge is 0.348 e. The van der Waals surface area contributed by atoms with Crippen LogP contribution in [-0.2, 0) is 6.54 Å². The normalized spacial score (nSPS) is 10.6. The van der Waals surface area contributed by atoms with Crippen molar-refractivity contribution in [1.29, 1.82) is 0 Å². The first kappa shape index (κ1) is 16.3. The average Bonchev–Trinajstić information content (AvgIpc) is 2.91. The lowest BCUT2D eigenvalue weighted by Gasteiger charge is -2.08. The van der Waals surface area contributed by atoms with Gasteiger partial charge < -0.3 is 5.32 Å². The highest BCUT2D eigenvalue weighted by Crippen LogP contribution is 2.14. The highest BCUT2D eigenvalue weighted by Gasteiger charge is 2.08. The summed E-state index contributed by atoms with van der Waals surface area (Å²) in [6.07, 6.45) is 0. The van der Waals surface area contributed by atoms with Crippen molar-refractivity contribution in [3.05, 3.63) is 82.1 Å². The number of aryl methyl sites for hydroxylation is 2. The van der Waals surface area contributed by atoms with Crippen LogP contribution >= 0.6 is 11.6 Å². The molecule has 3 aromatic rings. The Morgan fingerprint density at radius 2 is 1.88 bits per heavy atom. The molecule has 0 saturated heterocycles. The van der Waals surface area contributed by atoms with Gasteiger partial charge in [-0.25, -0.2) is 4.68 Å². The molecule has 1 N–H and O–H groups in total. The van der Waals surface area contributed by atoms with Crippen molar-refractivity contribution < 1.29 is 4.79 Å². The number of aromatic nitrogens is 2. The molecule has 0 radical (unpaired) electrons.